The number of aromatic nitrogens is 3. The van der Waals surface area contributed by atoms with E-state index in [9.17, 15) is 9.90 Å². The minimum atomic E-state index is -0.942. The van der Waals surface area contributed by atoms with E-state index in [1.54, 1.807) is 12.1 Å². The smallest absolute Gasteiger partial charge is 0.336 e. The van der Waals surface area contributed by atoms with Gasteiger partial charge < -0.3 is 14.6 Å². The third kappa shape index (κ3) is 3.74. The Kier molecular flexibility index (Phi) is 5.65. The zero-order valence-electron chi connectivity index (χ0n) is 17.2. The number of aromatic carboxylic acids is 1. The number of carboxylic acids is 1. The lowest BCUT2D eigenvalue weighted by molar-refractivity contribution is 0.0697. The lowest BCUT2D eigenvalue weighted by Gasteiger charge is -2.33. The van der Waals surface area contributed by atoms with E-state index in [-0.39, 0.29) is 11.6 Å². The monoisotopic (exact) mass is 420 g/mol. The molecule has 2 heterocycles. The molecular weight excluding hydrogens is 396 g/mol. The molecule has 7 heteroatoms. The van der Waals surface area contributed by atoms with Crippen LogP contribution in [0, 0.1) is 0 Å². The highest BCUT2D eigenvalue weighted by Gasteiger charge is 2.26. The molecule has 154 valence electrons. The van der Waals surface area contributed by atoms with Crippen molar-refractivity contribution in [1.82, 2.24) is 19.4 Å². The quantitative estimate of drug-likeness (QED) is 0.466. The van der Waals surface area contributed by atoms with Crippen molar-refractivity contribution >= 4 is 27.5 Å². The number of likely N-dealkylation sites (N-methyl/N-ethyl adjacent to an activating group) is 1. The van der Waals surface area contributed by atoms with Gasteiger partial charge in [0.25, 0.3) is 0 Å². The highest BCUT2D eigenvalue weighted by molar-refractivity contribution is 7.21. The van der Waals surface area contributed by atoms with Crippen molar-refractivity contribution in [2.45, 2.75) is 25.4 Å². The summed E-state index contributed by atoms with van der Waals surface area (Å²) in [6, 6.07) is 13.8. The zero-order chi connectivity index (χ0) is 21.3. The summed E-state index contributed by atoms with van der Waals surface area (Å²) >= 11 is 1.53. The maximum atomic E-state index is 11.6. The molecule has 2 unspecified atom stereocenters. The maximum Gasteiger partial charge on any atom is 0.336 e. The van der Waals surface area contributed by atoms with Gasteiger partial charge in [-0.1, -0.05) is 31.2 Å². The normalized spacial score (nSPS) is 13.6. The molecule has 1 N–H and O–H groups in total. The van der Waals surface area contributed by atoms with Crippen LogP contribution in [0.3, 0.4) is 0 Å². The number of benzene rings is 2. The Morgan fingerprint density at radius 3 is 2.70 bits per heavy atom. The number of fused-ring (bicyclic) bond motifs is 1. The number of hydrogen-bond acceptors (Lipinski definition) is 5. The summed E-state index contributed by atoms with van der Waals surface area (Å²) in [5.74, 6) is -0.942. The molecule has 4 rings (SSSR count). The van der Waals surface area contributed by atoms with Gasteiger partial charge in [-0.05, 0) is 44.3 Å². The largest absolute Gasteiger partial charge is 0.478 e. The molecule has 0 spiro atoms. The Bertz CT molecular complexity index is 1170. The molecular formula is C23H24N4O2S. The van der Waals surface area contributed by atoms with Crippen molar-refractivity contribution in [2.75, 3.05) is 14.1 Å². The molecule has 0 saturated carbocycles. The minimum Gasteiger partial charge on any atom is -0.478 e. The summed E-state index contributed by atoms with van der Waals surface area (Å²) in [5.41, 5.74) is 2.98. The Labute approximate surface area is 179 Å². The molecule has 0 aliphatic heterocycles. The molecule has 2 atom stereocenters. The molecule has 0 saturated heterocycles. The molecule has 0 radical (unpaired) electrons. The van der Waals surface area contributed by atoms with Crippen molar-refractivity contribution in [2.24, 2.45) is 0 Å². The lowest BCUT2D eigenvalue weighted by Crippen LogP contribution is -2.36. The van der Waals surface area contributed by atoms with Crippen molar-refractivity contribution in [3.63, 3.8) is 0 Å². The second-order valence-electron chi connectivity index (χ2n) is 7.49. The Morgan fingerprint density at radius 1 is 1.23 bits per heavy atom. The highest BCUT2D eigenvalue weighted by atomic mass is 32.1. The van der Waals surface area contributed by atoms with Gasteiger partial charge >= 0.3 is 5.97 Å². The first-order valence-corrected chi connectivity index (χ1v) is 10.7. The molecule has 0 fully saturated rings. The average Bonchev–Trinajstić information content (AvgIpc) is 3.40. The standard InChI is InChI=1S/C23H24N4O2S/c1-4-19(26(2)3)21(27-12-11-24-14-27)15-9-10-18-20(13-15)30-22(25-18)16-7-5-6-8-17(16)23(28)29/h5-14,19,21H,4H2,1-3H3,(H,28,29). The van der Waals surface area contributed by atoms with Crippen molar-refractivity contribution in [3.05, 3.63) is 72.3 Å². The van der Waals surface area contributed by atoms with E-state index in [1.165, 1.54) is 16.9 Å². The lowest BCUT2D eigenvalue weighted by atomic mass is 9.96. The van der Waals surface area contributed by atoms with E-state index in [4.69, 9.17) is 4.98 Å². The van der Waals surface area contributed by atoms with Gasteiger partial charge in [-0.3, -0.25) is 0 Å². The van der Waals surface area contributed by atoms with Crippen LogP contribution in [-0.2, 0) is 0 Å². The van der Waals surface area contributed by atoms with E-state index in [1.807, 2.05) is 36.9 Å². The summed E-state index contributed by atoms with van der Waals surface area (Å²) in [4.78, 5) is 22.8. The van der Waals surface area contributed by atoms with E-state index in [0.29, 0.717) is 11.6 Å². The molecule has 0 aliphatic carbocycles. The second-order valence-corrected chi connectivity index (χ2v) is 8.52. The average molecular weight is 421 g/mol. The predicted octanol–water partition coefficient (Wildman–Crippen LogP) is 4.79. The van der Waals surface area contributed by atoms with Gasteiger partial charge in [0.05, 0.1) is 28.1 Å². The minimum absolute atomic E-state index is 0.119. The van der Waals surface area contributed by atoms with Gasteiger partial charge in [0.1, 0.15) is 5.01 Å². The number of carboxylic acid groups (broad SMARTS) is 1. The van der Waals surface area contributed by atoms with Gasteiger partial charge in [0, 0.05) is 24.0 Å². The Morgan fingerprint density at radius 2 is 2.03 bits per heavy atom. The summed E-state index contributed by atoms with van der Waals surface area (Å²) < 4.78 is 3.19. The summed E-state index contributed by atoms with van der Waals surface area (Å²) in [7, 11) is 4.20. The van der Waals surface area contributed by atoms with Gasteiger partial charge in [0.15, 0.2) is 0 Å². The number of nitrogens with zero attached hydrogens (tertiary/aromatic N) is 4. The SMILES string of the molecule is CCC(C(c1ccc2nc(-c3ccccc3C(=O)O)sc2c1)n1ccnc1)N(C)C. The molecule has 2 aromatic heterocycles. The van der Waals surface area contributed by atoms with Gasteiger partial charge in [-0.15, -0.1) is 11.3 Å². The molecule has 2 aromatic carbocycles. The third-order valence-electron chi connectivity index (χ3n) is 5.43. The fraction of sp³-hybridized carbons (Fsp3) is 0.261. The first-order chi connectivity index (χ1) is 14.5. The Balaban J connectivity index is 1.81. The first-order valence-electron chi connectivity index (χ1n) is 9.86. The van der Waals surface area contributed by atoms with Crippen LogP contribution < -0.4 is 0 Å². The van der Waals surface area contributed by atoms with E-state index >= 15 is 0 Å². The van der Waals surface area contributed by atoms with E-state index in [0.717, 1.165) is 21.6 Å². The predicted molar refractivity (Wildman–Crippen MR) is 120 cm³/mol. The Hall–Kier alpha value is -3.03. The van der Waals surface area contributed by atoms with Crippen LogP contribution >= 0.6 is 11.3 Å². The summed E-state index contributed by atoms with van der Waals surface area (Å²) in [6.45, 7) is 2.20. The summed E-state index contributed by atoms with van der Waals surface area (Å²) in [6.07, 6.45) is 6.67. The second kappa shape index (κ2) is 8.38. The molecule has 0 amide bonds. The molecule has 4 aromatic rings. The molecule has 0 aliphatic rings. The fourth-order valence-corrected chi connectivity index (χ4v) is 5.05. The van der Waals surface area contributed by atoms with Crippen molar-refractivity contribution in [1.29, 1.82) is 0 Å². The fourth-order valence-electron chi connectivity index (χ4n) is 3.99. The number of hydrogen-bond donors (Lipinski definition) is 1. The van der Waals surface area contributed by atoms with Gasteiger partial charge in [-0.25, -0.2) is 14.8 Å². The topological polar surface area (TPSA) is 71.2 Å². The van der Waals surface area contributed by atoms with Crippen LogP contribution in [0.2, 0.25) is 0 Å². The van der Waals surface area contributed by atoms with Crippen molar-refractivity contribution in [3.8, 4) is 10.6 Å². The van der Waals surface area contributed by atoms with E-state index < -0.39 is 5.97 Å². The van der Waals surface area contributed by atoms with Crippen LogP contribution in [0.4, 0.5) is 0 Å². The highest BCUT2D eigenvalue weighted by Crippen LogP contribution is 2.35. The van der Waals surface area contributed by atoms with Crippen LogP contribution in [-0.4, -0.2) is 50.6 Å². The maximum absolute atomic E-state index is 11.6. The molecule has 6 nitrogen and oxygen atoms in total. The molecule has 0 bridgehead atoms. The third-order valence-corrected chi connectivity index (χ3v) is 6.49. The summed E-state index contributed by atoms with van der Waals surface area (Å²) in [5, 5.41) is 10.2. The first kappa shape index (κ1) is 20.3. The van der Waals surface area contributed by atoms with Crippen molar-refractivity contribution < 1.29 is 9.90 Å². The van der Waals surface area contributed by atoms with Crippen LogP contribution in [0.1, 0.15) is 35.3 Å². The number of carbonyl (C=O) groups is 1. The zero-order valence-corrected chi connectivity index (χ0v) is 18.0. The van der Waals surface area contributed by atoms with Gasteiger partial charge in [0.2, 0.25) is 0 Å². The van der Waals surface area contributed by atoms with Crippen LogP contribution in [0.15, 0.2) is 61.2 Å². The van der Waals surface area contributed by atoms with Crippen LogP contribution in [0.5, 0.6) is 0 Å². The van der Waals surface area contributed by atoms with Gasteiger partial charge in [-0.2, -0.15) is 0 Å². The molecule has 30 heavy (non-hydrogen) atoms. The number of imidazole rings is 1. The van der Waals surface area contributed by atoms with E-state index in [2.05, 4.69) is 47.6 Å². The number of thiazole rings is 1. The van der Waals surface area contributed by atoms with Crippen LogP contribution in [0.25, 0.3) is 20.8 Å². The number of rotatable bonds is 7.